The summed E-state index contributed by atoms with van der Waals surface area (Å²) in [5.74, 6) is -1.62. The number of aryl methyl sites for hydroxylation is 1. The summed E-state index contributed by atoms with van der Waals surface area (Å²) in [7, 11) is 0. The zero-order valence-corrected chi connectivity index (χ0v) is 17.7. The first-order chi connectivity index (χ1) is 14.3. The minimum Gasteiger partial charge on any atom is -0.451 e. The fraction of sp³-hybridized carbons (Fsp3) is 0.545. The van der Waals surface area contributed by atoms with E-state index in [9.17, 15) is 19.2 Å². The maximum Gasteiger partial charge on any atom is 0.332 e. The largest absolute Gasteiger partial charge is 0.451 e. The van der Waals surface area contributed by atoms with E-state index in [1.165, 1.54) is 18.2 Å². The molecule has 0 radical (unpaired) electrons. The van der Waals surface area contributed by atoms with Gasteiger partial charge in [0.15, 0.2) is 6.10 Å². The van der Waals surface area contributed by atoms with Crippen LogP contribution in [0.4, 0.5) is 10.5 Å². The molecule has 2 fully saturated rings. The van der Waals surface area contributed by atoms with Gasteiger partial charge in [0.1, 0.15) is 12.6 Å². The molecule has 0 unspecified atom stereocenters. The molecule has 1 N–H and O–H groups in total. The van der Waals surface area contributed by atoms with Gasteiger partial charge in [-0.15, -0.1) is 0 Å². The van der Waals surface area contributed by atoms with Crippen molar-refractivity contribution in [2.75, 3.05) is 11.4 Å². The lowest BCUT2D eigenvalue weighted by atomic mass is 9.95. The van der Waals surface area contributed by atoms with Crippen LogP contribution in [0.25, 0.3) is 0 Å². The molecule has 162 valence electrons. The first kappa shape index (κ1) is 21.8. The van der Waals surface area contributed by atoms with E-state index in [1.807, 2.05) is 19.1 Å². The Labute approximate surface area is 176 Å². The van der Waals surface area contributed by atoms with E-state index in [-0.39, 0.29) is 11.9 Å². The highest BCUT2D eigenvalue weighted by Crippen LogP contribution is 2.26. The number of anilines is 1. The van der Waals surface area contributed by atoms with Crippen molar-refractivity contribution in [1.29, 1.82) is 0 Å². The highest BCUT2D eigenvalue weighted by atomic mass is 16.5. The molecule has 2 aliphatic rings. The number of carbonyl (C=O) groups excluding carboxylic acids is 4. The van der Waals surface area contributed by atoms with Gasteiger partial charge in [-0.2, -0.15) is 0 Å². The zero-order valence-electron chi connectivity index (χ0n) is 17.7. The summed E-state index contributed by atoms with van der Waals surface area (Å²) in [4.78, 5) is 52.2. The molecule has 0 spiro atoms. The summed E-state index contributed by atoms with van der Waals surface area (Å²) in [5.41, 5.74) is 1.62. The number of nitrogens with one attached hydrogen (secondary N) is 1. The maximum atomic E-state index is 12.8. The lowest BCUT2D eigenvalue weighted by molar-refractivity contribution is -0.156. The second kappa shape index (κ2) is 9.28. The van der Waals surface area contributed by atoms with E-state index in [1.54, 1.807) is 19.1 Å². The smallest absolute Gasteiger partial charge is 0.332 e. The minimum absolute atomic E-state index is 0.109. The van der Waals surface area contributed by atoms with Crippen LogP contribution in [0.15, 0.2) is 24.3 Å². The number of ether oxygens (including phenoxy) is 1. The number of urea groups is 1. The average molecular weight is 415 g/mol. The van der Waals surface area contributed by atoms with Gasteiger partial charge < -0.3 is 10.1 Å². The van der Waals surface area contributed by atoms with Gasteiger partial charge in [-0.1, -0.05) is 37.0 Å². The van der Waals surface area contributed by atoms with Crippen LogP contribution in [0.1, 0.15) is 51.5 Å². The molecule has 1 aliphatic carbocycles. The molecule has 0 bridgehead atoms. The number of nitrogens with zero attached hydrogens (tertiary/aromatic N) is 2. The highest BCUT2D eigenvalue weighted by molar-refractivity contribution is 6.15. The Bertz CT molecular complexity index is 817. The van der Waals surface area contributed by atoms with Crippen LogP contribution < -0.4 is 10.2 Å². The average Bonchev–Trinajstić information content (AvgIpc) is 2.93. The van der Waals surface area contributed by atoms with Gasteiger partial charge in [0.25, 0.3) is 11.8 Å². The van der Waals surface area contributed by atoms with Crippen molar-refractivity contribution in [3.05, 3.63) is 29.8 Å². The van der Waals surface area contributed by atoms with Crippen molar-refractivity contribution in [2.24, 2.45) is 0 Å². The second-order valence-corrected chi connectivity index (χ2v) is 8.06. The third kappa shape index (κ3) is 4.80. The van der Waals surface area contributed by atoms with Crippen LogP contribution in [0.5, 0.6) is 0 Å². The van der Waals surface area contributed by atoms with Gasteiger partial charge in [-0.25, -0.2) is 4.79 Å². The van der Waals surface area contributed by atoms with Crippen LogP contribution in [0.3, 0.4) is 0 Å². The predicted octanol–water partition coefficient (Wildman–Crippen LogP) is 2.53. The first-order valence-electron chi connectivity index (χ1n) is 10.5. The van der Waals surface area contributed by atoms with Crippen LogP contribution >= 0.6 is 0 Å². The van der Waals surface area contributed by atoms with E-state index in [0.29, 0.717) is 5.69 Å². The van der Waals surface area contributed by atoms with E-state index in [0.717, 1.165) is 36.1 Å². The minimum atomic E-state index is -0.988. The van der Waals surface area contributed by atoms with Crippen molar-refractivity contribution >= 4 is 29.5 Å². The quantitative estimate of drug-likeness (QED) is 0.569. The summed E-state index contributed by atoms with van der Waals surface area (Å²) in [5, 5.41) is 2.90. The molecule has 4 amide bonds. The Morgan fingerprint density at radius 1 is 1.13 bits per heavy atom. The molecule has 1 aliphatic heterocycles. The summed E-state index contributed by atoms with van der Waals surface area (Å²) < 4.78 is 5.19. The summed E-state index contributed by atoms with van der Waals surface area (Å²) in [6, 6.07) is 6.03. The van der Waals surface area contributed by atoms with Crippen molar-refractivity contribution in [3.63, 3.8) is 0 Å². The van der Waals surface area contributed by atoms with Crippen LogP contribution in [-0.2, 0) is 19.1 Å². The molecule has 30 heavy (non-hydrogen) atoms. The standard InChI is InChI=1S/C22H29N3O5/c1-14-9-11-18(12-10-14)25-15(2)21(28)24(22(25)29)13-19(26)30-16(3)20(27)23-17-7-5-4-6-8-17/h9-12,15-17H,4-8,13H2,1-3H3,(H,23,27)/t15-,16+/m0/s1. The Morgan fingerprint density at radius 2 is 1.77 bits per heavy atom. The van der Waals surface area contributed by atoms with Gasteiger partial charge in [0.2, 0.25) is 0 Å². The fourth-order valence-electron chi connectivity index (χ4n) is 3.89. The third-order valence-corrected chi connectivity index (χ3v) is 5.68. The molecule has 2 atom stereocenters. The van der Waals surface area contributed by atoms with Gasteiger partial charge in [0.05, 0.1) is 0 Å². The number of benzene rings is 1. The Kier molecular flexibility index (Phi) is 6.74. The predicted molar refractivity (Wildman–Crippen MR) is 111 cm³/mol. The fourth-order valence-corrected chi connectivity index (χ4v) is 3.89. The number of amides is 4. The number of carbonyl (C=O) groups is 4. The molecule has 8 nitrogen and oxygen atoms in total. The maximum absolute atomic E-state index is 12.8. The Balaban J connectivity index is 1.57. The van der Waals surface area contributed by atoms with Crippen molar-refractivity contribution in [2.45, 2.75) is 71.1 Å². The third-order valence-electron chi connectivity index (χ3n) is 5.68. The van der Waals surface area contributed by atoms with E-state index in [4.69, 9.17) is 4.74 Å². The Morgan fingerprint density at radius 3 is 2.40 bits per heavy atom. The topological polar surface area (TPSA) is 96.0 Å². The molecule has 8 heteroatoms. The number of imide groups is 1. The Hall–Kier alpha value is -2.90. The van der Waals surface area contributed by atoms with Gasteiger partial charge >= 0.3 is 12.0 Å². The van der Waals surface area contributed by atoms with Crippen LogP contribution in [0.2, 0.25) is 0 Å². The number of esters is 1. The summed E-state index contributed by atoms with van der Waals surface area (Å²) >= 11 is 0. The molecule has 1 aromatic carbocycles. The molecular weight excluding hydrogens is 386 g/mol. The van der Waals surface area contributed by atoms with E-state index < -0.39 is 36.6 Å². The molecule has 3 rings (SSSR count). The molecular formula is C22H29N3O5. The van der Waals surface area contributed by atoms with Crippen molar-refractivity contribution in [3.8, 4) is 0 Å². The van der Waals surface area contributed by atoms with Gasteiger partial charge in [-0.05, 0) is 45.7 Å². The molecule has 1 heterocycles. The van der Waals surface area contributed by atoms with E-state index >= 15 is 0 Å². The molecule has 1 aromatic rings. The van der Waals surface area contributed by atoms with Crippen molar-refractivity contribution in [1.82, 2.24) is 10.2 Å². The first-order valence-corrected chi connectivity index (χ1v) is 10.5. The van der Waals surface area contributed by atoms with E-state index in [2.05, 4.69) is 5.32 Å². The SMILES string of the molecule is Cc1ccc(N2C(=O)N(CC(=O)O[C@H](C)C(=O)NC3CCCCC3)C(=O)[C@@H]2C)cc1. The highest BCUT2D eigenvalue weighted by Gasteiger charge is 2.44. The molecule has 1 saturated heterocycles. The molecule has 0 aromatic heterocycles. The van der Waals surface area contributed by atoms with Crippen molar-refractivity contribution < 1.29 is 23.9 Å². The summed E-state index contributed by atoms with van der Waals surface area (Å²) in [6.45, 7) is 4.51. The summed E-state index contributed by atoms with van der Waals surface area (Å²) in [6.07, 6.45) is 4.19. The number of hydrogen-bond acceptors (Lipinski definition) is 5. The number of rotatable bonds is 6. The van der Waals surface area contributed by atoms with Gasteiger partial charge in [0, 0.05) is 11.7 Å². The molecule has 1 saturated carbocycles. The normalized spacial score (nSPS) is 21.0. The van der Waals surface area contributed by atoms with Crippen LogP contribution in [0, 0.1) is 6.92 Å². The van der Waals surface area contributed by atoms with Crippen LogP contribution in [-0.4, -0.2) is 53.4 Å². The lowest BCUT2D eigenvalue weighted by Crippen LogP contribution is -2.44. The monoisotopic (exact) mass is 415 g/mol. The number of hydrogen-bond donors (Lipinski definition) is 1. The zero-order chi connectivity index (χ0) is 21.8. The lowest BCUT2D eigenvalue weighted by Gasteiger charge is -2.24. The second-order valence-electron chi connectivity index (χ2n) is 8.06. The van der Waals surface area contributed by atoms with Gasteiger partial charge in [-0.3, -0.25) is 24.2 Å².